The first-order chi connectivity index (χ1) is 11.6. The summed E-state index contributed by atoms with van der Waals surface area (Å²) < 4.78 is 30.3. The summed E-state index contributed by atoms with van der Waals surface area (Å²) in [5.74, 6) is 0.616. The van der Waals surface area contributed by atoms with E-state index >= 15 is 0 Å². The monoisotopic (exact) mass is 365 g/mol. The van der Waals surface area contributed by atoms with Gasteiger partial charge in [-0.25, -0.2) is 8.42 Å². The zero-order valence-electron chi connectivity index (χ0n) is 13.9. The van der Waals surface area contributed by atoms with Gasteiger partial charge < -0.3 is 0 Å². The van der Waals surface area contributed by atoms with E-state index in [0.29, 0.717) is 16.7 Å². The minimum Gasteiger partial charge on any atom is -0.272 e. The molecule has 5 nitrogen and oxygen atoms in total. The van der Waals surface area contributed by atoms with Crippen LogP contribution in [0.4, 0.5) is 0 Å². The highest BCUT2D eigenvalue weighted by Crippen LogP contribution is 2.40. The van der Waals surface area contributed by atoms with Crippen molar-refractivity contribution in [3.05, 3.63) is 35.0 Å². The van der Waals surface area contributed by atoms with Crippen molar-refractivity contribution >= 4 is 21.4 Å². The van der Waals surface area contributed by atoms with Crippen LogP contribution in [-0.2, 0) is 23.6 Å². The van der Waals surface area contributed by atoms with E-state index < -0.39 is 10.0 Å². The molecule has 2 heterocycles. The fraction of sp³-hybridized carbons (Fsp3) is 0.588. The minimum absolute atomic E-state index is 0.100. The molecule has 130 valence electrons. The van der Waals surface area contributed by atoms with Crippen molar-refractivity contribution in [3.8, 4) is 0 Å². The number of aromatic nitrogens is 2. The van der Waals surface area contributed by atoms with Crippen LogP contribution in [0.5, 0.6) is 0 Å². The summed E-state index contributed by atoms with van der Waals surface area (Å²) in [6.07, 6.45) is 6.56. The van der Waals surface area contributed by atoms with Gasteiger partial charge in [-0.05, 0) is 43.2 Å². The Bertz CT molecular complexity index is 801. The average Bonchev–Trinajstić information content (AvgIpc) is 3.01. The molecule has 24 heavy (non-hydrogen) atoms. The lowest BCUT2D eigenvalue weighted by Gasteiger charge is -2.26. The lowest BCUT2D eigenvalue weighted by Crippen LogP contribution is -2.38. The Balaban J connectivity index is 1.64. The van der Waals surface area contributed by atoms with Crippen molar-refractivity contribution in [1.82, 2.24) is 14.1 Å². The summed E-state index contributed by atoms with van der Waals surface area (Å²) >= 11 is 1.30. The molecule has 2 aliphatic rings. The Labute approximate surface area is 147 Å². The SMILES string of the molecule is Cn1nc(CN(C2CCCC2)S(=O)(=O)c2cccs2)cc1C1CC1. The highest BCUT2D eigenvalue weighted by molar-refractivity contribution is 7.91. The molecule has 0 aliphatic heterocycles. The van der Waals surface area contributed by atoms with Crippen molar-refractivity contribution < 1.29 is 8.42 Å². The maximum atomic E-state index is 13.1. The smallest absolute Gasteiger partial charge is 0.253 e. The maximum Gasteiger partial charge on any atom is 0.253 e. The highest BCUT2D eigenvalue weighted by Gasteiger charge is 2.35. The Kier molecular flexibility index (Phi) is 4.26. The third kappa shape index (κ3) is 3.05. The van der Waals surface area contributed by atoms with Crippen molar-refractivity contribution in [2.45, 2.75) is 61.2 Å². The second-order valence-electron chi connectivity index (χ2n) is 6.88. The second kappa shape index (κ2) is 6.28. The van der Waals surface area contributed by atoms with Gasteiger partial charge in [-0.15, -0.1) is 11.3 Å². The van der Waals surface area contributed by atoms with E-state index in [1.165, 1.54) is 29.9 Å². The lowest BCUT2D eigenvalue weighted by molar-refractivity contribution is 0.313. The summed E-state index contributed by atoms with van der Waals surface area (Å²) in [5, 5.41) is 6.42. The molecule has 2 fully saturated rings. The van der Waals surface area contributed by atoms with Gasteiger partial charge in [-0.2, -0.15) is 9.40 Å². The largest absolute Gasteiger partial charge is 0.272 e. The van der Waals surface area contributed by atoms with Crippen LogP contribution in [0.15, 0.2) is 27.8 Å². The molecule has 0 bridgehead atoms. The number of thiophene rings is 1. The van der Waals surface area contributed by atoms with Gasteiger partial charge >= 0.3 is 0 Å². The van der Waals surface area contributed by atoms with Crippen LogP contribution in [-0.4, -0.2) is 28.5 Å². The van der Waals surface area contributed by atoms with E-state index in [1.54, 1.807) is 16.4 Å². The van der Waals surface area contributed by atoms with E-state index in [-0.39, 0.29) is 6.04 Å². The molecule has 0 unspecified atom stereocenters. The third-order valence-corrected chi connectivity index (χ3v) is 8.34. The first-order valence-corrected chi connectivity index (χ1v) is 11.0. The van der Waals surface area contributed by atoms with Gasteiger partial charge in [0, 0.05) is 24.7 Å². The Hall–Kier alpha value is -1.18. The van der Waals surface area contributed by atoms with Crippen LogP contribution in [0.3, 0.4) is 0 Å². The Morgan fingerprint density at radius 2 is 2.04 bits per heavy atom. The molecule has 0 radical (unpaired) electrons. The molecule has 2 aromatic rings. The van der Waals surface area contributed by atoms with E-state index in [9.17, 15) is 8.42 Å². The molecule has 2 aliphatic carbocycles. The average molecular weight is 366 g/mol. The van der Waals surface area contributed by atoms with Gasteiger partial charge in [0.05, 0.1) is 12.2 Å². The topological polar surface area (TPSA) is 55.2 Å². The van der Waals surface area contributed by atoms with Gasteiger partial charge in [-0.3, -0.25) is 4.68 Å². The number of hydrogen-bond acceptors (Lipinski definition) is 4. The van der Waals surface area contributed by atoms with Crippen LogP contribution >= 0.6 is 11.3 Å². The fourth-order valence-corrected chi connectivity index (χ4v) is 6.45. The summed E-state index contributed by atoms with van der Waals surface area (Å²) in [5.41, 5.74) is 2.11. The van der Waals surface area contributed by atoms with Crippen LogP contribution in [0, 0.1) is 0 Å². The van der Waals surface area contributed by atoms with E-state index in [2.05, 4.69) is 11.2 Å². The zero-order valence-corrected chi connectivity index (χ0v) is 15.5. The van der Waals surface area contributed by atoms with Crippen LogP contribution in [0.25, 0.3) is 0 Å². The van der Waals surface area contributed by atoms with Crippen LogP contribution in [0.1, 0.15) is 55.8 Å². The van der Waals surface area contributed by atoms with Crippen LogP contribution in [0.2, 0.25) is 0 Å². The molecule has 0 atom stereocenters. The predicted octanol–water partition coefficient (Wildman–Crippen LogP) is 3.49. The summed E-state index contributed by atoms with van der Waals surface area (Å²) in [7, 11) is -1.48. The van der Waals surface area contributed by atoms with Gasteiger partial charge in [0.15, 0.2) is 0 Å². The van der Waals surface area contributed by atoms with Gasteiger partial charge in [0.1, 0.15) is 4.21 Å². The second-order valence-corrected chi connectivity index (χ2v) is 9.94. The van der Waals surface area contributed by atoms with E-state index in [4.69, 9.17) is 0 Å². The fourth-order valence-electron chi connectivity index (χ4n) is 3.67. The molecule has 0 N–H and O–H groups in total. The number of aryl methyl sites for hydroxylation is 1. The number of nitrogens with zero attached hydrogens (tertiary/aromatic N) is 3. The number of sulfonamides is 1. The molecule has 0 saturated heterocycles. The van der Waals surface area contributed by atoms with Gasteiger partial charge in [0.25, 0.3) is 10.0 Å². The predicted molar refractivity (Wildman–Crippen MR) is 94.5 cm³/mol. The number of rotatable bonds is 6. The molecular weight excluding hydrogens is 342 g/mol. The van der Waals surface area contributed by atoms with Crippen molar-refractivity contribution in [2.24, 2.45) is 7.05 Å². The van der Waals surface area contributed by atoms with Crippen molar-refractivity contribution in [3.63, 3.8) is 0 Å². The first-order valence-electron chi connectivity index (χ1n) is 8.64. The third-order valence-electron chi connectivity index (χ3n) is 5.07. The molecule has 0 spiro atoms. The molecule has 2 aromatic heterocycles. The normalized spacial score (nSPS) is 19.4. The minimum atomic E-state index is -3.44. The standard InChI is InChI=1S/C17H23N3O2S2/c1-19-16(13-8-9-13)11-14(18-19)12-20(15-5-2-3-6-15)24(21,22)17-7-4-10-23-17/h4,7,10-11,13,15H,2-3,5-6,8-9,12H2,1H3. The van der Waals surface area contributed by atoms with Crippen molar-refractivity contribution in [1.29, 1.82) is 0 Å². The molecule has 0 aromatic carbocycles. The number of hydrogen-bond donors (Lipinski definition) is 0. The zero-order chi connectivity index (χ0) is 16.7. The molecule has 7 heteroatoms. The van der Waals surface area contributed by atoms with Gasteiger partial charge in [0.2, 0.25) is 0 Å². The molecule has 0 amide bonds. The molecular formula is C17H23N3O2S2. The Morgan fingerprint density at radius 3 is 2.67 bits per heavy atom. The van der Waals surface area contributed by atoms with E-state index in [1.807, 2.05) is 17.1 Å². The summed E-state index contributed by atoms with van der Waals surface area (Å²) in [6.45, 7) is 0.380. The summed E-state index contributed by atoms with van der Waals surface area (Å²) in [4.78, 5) is 0. The van der Waals surface area contributed by atoms with Gasteiger partial charge in [-0.1, -0.05) is 18.9 Å². The Morgan fingerprint density at radius 1 is 1.29 bits per heavy atom. The molecule has 4 rings (SSSR count). The first kappa shape index (κ1) is 16.3. The van der Waals surface area contributed by atoms with E-state index in [0.717, 1.165) is 31.4 Å². The van der Waals surface area contributed by atoms with Crippen molar-refractivity contribution in [2.75, 3.05) is 0 Å². The van der Waals surface area contributed by atoms with Crippen LogP contribution < -0.4 is 0 Å². The lowest BCUT2D eigenvalue weighted by atomic mass is 10.2. The summed E-state index contributed by atoms with van der Waals surface area (Å²) in [6, 6.07) is 5.71. The molecule has 2 saturated carbocycles. The maximum absolute atomic E-state index is 13.1. The quantitative estimate of drug-likeness (QED) is 0.787. The highest BCUT2D eigenvalue weighted by atomic mass is 32.2.